The standard InChI is InChI=1S/C11H18ClN3O/c1-8-10(11(12)15(2)14-8)6-13-9-4-3-5-16-7-9/h9,13H,3-7H2,1-2H3. The Bertz CT molecular complexity index is 358. The molecule has 16 heavy (non-hydrogen) atoms. The fraction of sp³-hybridized carbons (Fsp3) is 0.727. The second-order valence-corrected chi connectivity index (χ2v) is 4.63. The molecule has 2 rings (SSSR count). The fourth-order valence-corrected chi connectivity index (χ4v) is 2.26. The maximum absolute atomic E-state index is 6.16. The van der Waals surface area contributed by atoms with Gasteiger partial charge in [0, 0.05) is 31.8 Å². The first-order chi connectivity index (χ1) is 7.68. The van der Waals surface area contributed by atoms with Gasteiger partial charge < -0.3 is 10.1 Å². The first-order valence-electron chi connectivity index (χ1n) is 5.67. The molecular formula is C11H18ClN3O. The highest BCUT2D eigenvalue weighted by atomic mass is 35.5. The van der Waals surface area contributed by atoms with Gasteiger partial charge in [0.1, 0.15) is 5.15 Å². The zero-order chi connectivity index (χ0) is 11.5. The van der Waals surface area contributed by atoms with Crippen LogP contribution in [0.3, 0.4) is 0 Å². The Balaban J connectivity index is 1.93. The molecule has 0 saturated carbocycles. The number of aromatic nitrogens is 2. The Morgan fingerprint density at radius 1 is 1.62 bits per heavy atom. The van der Waals surface area contributed by atoms with Crippen molar-refractivity contribution >= 4 is 11.6 Å². The number of rotatable bonds is 3. The average molecular weight is 244 g/mol. The molecule has 0 aliphatic carbocycles. The van der Waals surface area contributed by atoms with E-state index in [2.05, 4.69) is 10.4 Å². The third-order valence-electron chi connectivity index (χ3n) is 3.00. The van der Waals surface area contributed by atoms with Crippen LogP contribution in [0.4, 0.5) is 0 Å². The summed E-state index contributed by atoms with van der Waals surface area (Å²) in [4.78, 5) is 0. The smallest absolute Gasteiger partial charge is 0.131 e. The molecule has 0 spiro atoms. The van der Waals surface area contributed by atoms with Gasteiger partial charge in [0.05, 0.1) is 12.3 Å². The van der Waals surface area contributed by atoms with Crippen LogP contribution in [-0.2, 0) is 18.3 Å². The van der Waals surface area contributed by atoms with Gasteiger partial charge in [0.15, 0.2) is 0 Å². The summed E-state index contributed by atoms with van der Waals surface area (Å²) in [6.07, 6.45) is 2.31. The predicted molar refractivity (Wildman–Crippen MR) is 63.6 cm³/mol. The van der Waals surface area contributed by atoms with E-state index in [1.807, 2.05) is 14.0 Å². The number of ether oxygens (including phenoxy) is 1. The molecule has 0 aromatic carbocycles. The summed E-state index contributed by atoms with van der Waals surface area (Å²) in [7, 11) is 1.86. The van der Waals surface area contributed by atoms with Crippen LogP contribution in [0.15, 0.2) is 0 Å². The van der Waals surface area contributed by atoms with Gasteiger partial charge in [-0.15, -0.1) is 0 Å². The Kier molecular flexibility index (Phi) is 3.84. The average Bonchev–Trinajstić information content (AvgIpc) is 2.53. The number of aryl methyl sites for hydroxylation is 2. The van der Waals surface area contributed by atoms with Crippen molar-refractivity contribution in [2.45, 2.75) is 32.4 Å². The van der Waals surface area contributed by atoms with E-state index in [-0.39, 0.29) is 0 Å². The molecule has 1 fully saturated rings. The Morgan fingerprint density at radius 2 is 2.44 bits per heavy atom. The van der Waals surface area contributed by atoms with Gasteiger partial charge in [0.2, 0.25) is 0 Å². The van der Waals surface area contributed by atoms with Crippen LogP contribution in [-0.4, -0.2) is 29.0 Å². The van der Waals surface area contributed by atoms with Gasteiger partial charge >= 0.3 is 0 Å². The lowest BCUT2D eigenvalue weighted by atomic mass is 10.1. The van der Waals surface area contributed by atoms with Crippen LogP contribution >= 0.6 is 11.6 Å². The first kappa shape index (κ1) is 11.9. The maximum atomic E-state index is 6.16. The molecule has 1 unspecified atom stereocenters. The molecule has 1 N–H and O–H groups in total. The Labute approximate surface area is 101 Å². The van der Waals surface area contributed by atoms with Crippen molar-refractivity contribution in [3.05, 3.63) is 16.4 Å². The normalized spacial score (nSPS) is 21.3. The monoisotopic (exact) mass is 243 g/mol. The van der Waals surface area contributed by atoms with E-state index in [1.165, 1.54) is 6.42 Å². The molecule has 90 valence electrons. The summed E-state index contributed by atoms with van der Waals surface area (Å²) in [5.41, 5.74) is 2.09. The number of hydrogen-bond donors (Lipinski definition) is 1. The summed E-state index contributed by atoms with van der Waals surface area (Å²) in [5.74, 6) is 0. The van der Waals surface area contributed by atoms with Gasteiger partial charge in [-0.25, -0.2) is 0 Å². The van der Waals surface area contributed by atoms with Crippen molar-refractivity contribution in [3.63, 3.8) is 0 Å². The lowest BCUT2D eigenvalue weighted by Gasteiger charge is -2.23. The van der Waals surface area contributed by atoms with Crippen molar-refractivity contribution in [1.29, 1.82) is 0 Å². The van der Waals surface area contributed by atoms with Gasteiger partial charge in [-0.2, -0.15) is 5.10 Å². The van der Waals surface area contributed by atoms with E-state index in [9.17, 15) is 0 Å². The fourth-order valence-electron chi connectivity index (χ4n) is 2.02. The topological polar surface area (TPSA) is 39.1 Å². The van der Waals surface area contributed by atoms with Crippen LogP contribution in [0.5, 0.6) is 0 Å². The lowest BCUT2D eigenvalue weighted by Crippen LogP contribution is -2.36. The van der Waals surface area contributed by atoms with Crippen molar-refractivity contribution in [1.82, 2.24) is 15.1 Å². The predicted octanol–water partition coefficient (Wildman–Crippen LogP) is 1.65. The van der Waals surface area contributed by atoms with Crippen LogP contribution in [0.25, 0.3) is 0 Å². The Hall–Kier alpha value is -0.580. The molecule has 4 nitrogen and oxygen atoms in total. The number of halogens is 1. The highest BCUT2D eigenvalue weighted by Gasteiger charge is 2.16. The molecule has 2 heterocycles. The molecule has 1 aromatic rings. The molecule has 0 amide bonds. The maximum Gasteiger partial charge on any atom is 0.131 e. The van der Waals surface area contributed by atoms with Crippen molar-refractivity contribution in [2.75, 3.05) is 13.2 Å². The SMILES string of the molecule is Cc1nn(C)c(Cl)c1CNC1CCCOC1. The molecule has 0 radical (unpaired) electrons. The number of nitrogens with zero attached hydrogens (tertiary/aromatic N) is 2. The highest BCUT2D eigenvalue weighted by Crippen LogP contribution is 2.18. The molecule has 1 saturated heterocycles. The van der Waals surface area contributed by atoms with Gasteiger partial charge in [-0.05, 0) is 19.8 Å². The van der Waals surface area contributed by atoms with Crippen LogP contribution in [0.1, 0.15) is 24.1 Å². The summed E-state index contributed by atoms with van der Waals surface area (Å²) in [6, 6.07) is 0.449. The van der Waals surface area contributed by atoms with E-state index in [4.69, 9.17) is 16.3 Å². The van der Waals surface area contributed by atoms with Crippen LogP contribution in [0.2, 0.25) is 5.15 Å². The minimum atomic E-state index is 0.449. The second-order valence-electron chi connectivity index (χ2n) is 4.27. The molecule has 0 bridgehead atoms. The second kappa shape index (κ2) is 5.17. The van der Waals surface area contributed by atoms with E-state index < -0.39 is 0 Å². The minimum absolute atomic E-state index is 0.449. The lowest BCUT2D eigenvalue weighted by molar-refractivity contribution is 0.0699. The molecule has 1 aromatic heterocycles. The molecular weight excluding hydrogens is 226 g/mol. The zero-order valence-electron chi connectivity index (χ0n) is 9.79. The molecule has 1 atom stereocenters. The van der Waals surface area contributed by atoms with Gasteiger partial charge in [-0.3, -0.25) is 4.68 Å². The summed E-state index contributed by atoms with van der Waals surface area (Å²) in [6.45, 7) is 4.45. The van der Waals surface area contributed by atoms with E-state index in [0.29, 0.717) is 6.04 Å². The molecule has 5 heteroatoms. The van der Waals surface area contributed by atoms with Gasteiger partial charge in [-0.1, -0.05) is 11.6 Å². The highest BCUT2D eigenvalue weighted by molar-refractivity contribution is 6.30. The summed E-state index contributed by atoms with van der Waals surface area (Å²) < 4.78 is 7.13. The van der Waals surface area contributed by atoms with E-state index in [0.717, 1.165) is 42.6 Å². The third kappa shape index (κ3) is 2.56. The molecule has 1 aliphatic heterocycles. The van der Waals surface area contributed by atoms with Crippen molar-refractivity contribution in [3.8, 4) is 0 Å². The largest absolute Gasteiger partial charge is 0.380 e. The first-order valence-corrected chi connectivity index (χ1v) is 6.05. The van der Waals surface area contributed by atoms with E-state index >= 15 is 0 Å². The quantitative estimate of drug-likeness (QED) is 0.878. The molecule has 1 aliphatic rings. The van der Waals surface area contributed by atoms with Crippen LogP contribution < -0.4 is 5.32 Å². The van der Waals surface area contributed by atoms with Crippen molar-refractivity contribution < 1.29 is 4.74 Å². The van der Waals surface area contributed by atoms with Gasteiger partial charge in [0.25, 0.3) is 0 Å². The summed E-state index contributed by atoms with van der Waals surface area (Å²) >= 11 is 6.16. The van der Waals surface area contributed by atoms with Crippen LogP contribution in [0, 0.1) is 6.92 Å². The minimum Gasteiger partial charge on any atom is -0.380 e. The summed E-state index contributed by atoms with van der Waals surface area (Å²) in [5, 5.41) is 8.48. The number of hydrogen-bond acceptors (Lipinski definition) is 3. The number of nitrogens with one attached hydrogen (secondary N) is 1. The van der Waals surface area contributed by atoms with Crippen molar-refractivity contribution in [2.24, 2.45) is 7.05 Å². The zero-order valence-corrected chi connectivity index (χ0v) is 10.5. The van der Waals surface area contributed by atoms with E-state index in [1.54, 1.807) is 4.68 Å². The Morgan fingerprint density at radius 3 is 3.00 bits per heavy atom. The third-order valence-corrected chi connectivity index (χ3v) is 3.47.